The molecule has 1 aromatic carbocycles. The van der Waals surface area contributed by atoms with Gasteiger partial charge in [-0.2, -0.15) is 0 Å². The molecule has 1 N–H and O–H groups in total. The lowest BCUT2D eigenvalue weighted by atomic mass is 9.82. The molecule has 2 aromatic rings. The van der Waals surface area contributed by atoms with E-state index in [1.165, 1.54) is 0 Å². The molecule has 29 heavy (non-hydrogen) atoms. The first-order valence-corrected chi connectivity index (χ1v) is 10.7. The van der Waals surface area contributed by atoms with Crippen LogP contribution in [0.3, 0.4) is 0 Å². The van der Waals surface area contributed by atoms with Crippen molar-refractivity contribution in [2.24, 2.45) is 5.92 Å². The molecular formula is C22H24BrN3O3. The fourth-order valence-corrected chi connectivity index (χ4v) is 4.52. The van der Waals surface area contributed by atoms with Crippen LogP contribution in [0.4, 0.5) is 0 Å². The molecule has 2 fully saturated rings. The highest BCUT2D eigenvalue weighted by atomic mass is 79.9. The predicted octanol–water partition coefficient (Wildman–Crippen LogP) is 3.01. The minimum absolute atomic E-state index is 0.000661. The molecule has 2 aliphatic rings. The van der Waals surface area contributed by atoms with Crippen LogP contribution in [0.2, 0.25) is 0 Å². The van der Waals surface area contributed by atoms with E-state index in [1.54, 1.807) is 11.1 Å². The summed E-state index contributed by atoms with van der Waals surface area (Å²) in [5, 5.41) is 3.29. The summed E-state index contributed by atoms with van der Waals surface area (Å²) in [5.74, 6) is -0.416. The van der Waals surface area contributed by atoms with Crippen molar-refractivity contribution in [1.82, 2.24) is 15.2 Å². The highest BCUT2D eigenvalue weighted by Gasteiger charge is 2.41. The van der Waals surface area contributed by atoms with Gasteiger partial charge in [-0.3, -0.25) is 14.6 Å². The standard InChI is InChI=1S/C22H24BrN3O3/c23-18-5-3-4-17(13-18)22(7-10-29-11-8-22)25-21(28)16-12-20(27)26(14-16)15-19-6-1-2-9-24-19/h1-6,9,13,16H,7-8,10-12,14-15H2,(H,25,28). The van der Waals surface area contributed by atoms with Gasteiger partial charge in [0, 0.05) is 36.8 Å². The van der Waals surface area contributed by atoms with E-state index >= 15 is 0 Å². The van der Waals surface area contributed by atoms with Crippen LogP contribution in [-0.4, -0.2) is 41.5 Å². The van der Waals surface area contributed by atoms with Crippen LogP contribution in [0.15, 0.2) is 53.1 Å². The lowest BCUT2D eigenvalue weighted by Gasteiger charge is -2.39. The fraction of sp³-hybridized carbons (Fsp3) is 0.409. The quantitative estimate of drug-likeness (QED) is 0.748. The molecule has 0 radical (unpaired) electrons. The summed E-state index contributed by atoms with van der Waals surface area (Å²) in [6, 6.07) is 13.7. The maximum atomic E-state index is 13.2. The zero-order valence-electron chi connectivity index (χ0n) is 16.1. The Balaban J connectivity index is 1.47. The Kier molecular flexibility index (Phi) is 5.96. The number of hydrogen-bond donors (Lipinski definition) is 1. The summed E-state index contributed by atoms with van der Waals surface area (Å²) >= 11 is 3.53. The molecule has 3 heterocycles. The van der Waals surface area contributed by atoms with Gasteiger partial charge < -0.3 is 15.0 Å². The summed E-state index contributed by atoms with van der Waals surface area (Å²) in [6.07, 6.45) is 3.39. The van der Waals surface area contributed by atoms with Crippen molar-refractivity contribution in [2.45, 2.75) is 31.3 Å². The van der Waals surface area contributed by atoms with E-state index in [4.69, 9.17) is 4.74 Å². The molecule has 6 nitrogen and oxygen atoms in total. The largest absolute Gasteiger partial charge is 0.381 e. The summed E-state index contributed by atoms with van der Waals surface area (Å²) in [6.45, 7) is 2.06. The average Bonchev–Trinajstić information content (AvgIpc) is 3.10. The third kappa shape index (κ3) is 4.51. The number of carbonyl (C=O) groups excluding carboxylic acids is 2. The third-order valence-corrected chi connectivity index (χ3v) is 6.24. The number of pyridine rings is 1. The second-order valence-electron chi connectivity index (χ2n) is 7.69. The van der Waals surface area contributed by atoms with E-state index < -0.39 is 5.54 Å². The monoisotopic (exact) mass is 457 g/mol. The molecule has 0 bridgehead atoms. The van der Waals surface area contributed by atoms with Crippen molar-refractivity contribution in [3.8, 4) is 0 Å². The lowest BCUT2D eigenvalue weighted by molar-refractivity contribution is -0.130. The number of hydrogen-bond acceptors (Lipinski definition) is 4. The summed E-state index contributed by atoms with van der Waals surface area (Å²) < 4.78 is 6.53. The Hall–Kier alpha value is -2.25. The van der Waals surface area contributed by atoms with Gasteiger partial charge in [-0.05, 0) is 42.7 Å². The number of halogens is 1. The predicted molar refractivity (Wildman–Crippen MR) is 112 cm³/mol. The number of carbonyl (C=O) groups is 2. The van der Waals surface area contributed by atoms with Gasteiger partial charge >= 0.3 is 0 Å². The molecule has 2 aliphatic heterocycles. The molecule has 0 aliphatic carbocycles. The number of rotatable bonds is 5. The van der Waals surface area contributed by atoms with Crippen LogP contribution in [-0.2, 0) is 26.4 Å². The number of ether oxygens (including phenoxy) is 1. The normalized spacial score (nSPS) is 21.2. The molecule has 4 rings (SSSR count). The summed E-state index contributed by atoms with van der Waals surface area (Å²) in [4.78, 5) is 31.6. The fourth-order valence-electron chi connectivity index (χ4n) is 4.12. The van der Waals surface area contributed by atoms with Crippen molar-refractivity contribution in [2.75, 3.05) is 19.8 Å². The molecule has 2 saturated heterocycles. The Bertz CT molecular complexity index is 884. The van der Waals surface area contributed by atoms with E-state index in [0.29, 0.717) is 39.1 Å². The van der Waals surface area contributed by atoms with Gasteiger partial charge in [-0.25, -0.2) is 0 Å². The molecule has 152 valence electrons. The number of amides is 2. The first kappa shape index (κ1) is 20.0. The molecule has 0 spiro atoms. The van der Waals surface area contributed by atoms with Crippen LogP contribution >= 0.6 is 15.9 Å². The number of likely N-dealkylation sites (tertiary alicyclic amines) is 1. The van der Waals surface area contributed by atoms with Crippen molar-refractivity contribution in [1.29, 1.82) is 0 Å². The van der Waals surface area contributed by atoms with E-state index in [1.807, 2.05) is 36.4 Å². The number of nitrogens with zero attached hydrogens (tertiary/aromatic N) is 2. The molecule has 1 aromatic heterocycles. The average molecular weight is 458 g/mol. The van der Waals surface area contributed by atoms with Crippen LogP contribution in [0, 0.1) is 5.92 Å². The Labute approximate surface area is 178 Å². The number of nitrogens with one attached hydrogen (secondary N) is 1. The van der Waals surface area contributed by atoms with Gasteiger partial charge in [0.15, 0.2) is 0 Å². The lowest BCUT2D eigenvalue weighted by Crippen LogP contribution is -2.51. The first-order valence-electron chi connectivity index (χ1n) is 9.89. The third-order valence-electron chi connectivity index (χ3n) is 5.75. The van der Waals surface area contributed by atoms with Gasteiger partial charge in [-0.15, -0.1) is 0 Å². The molecule has 2 amide bonds. The minimum atomic E-state index is -0.462. The van der Waals surface area contributed by atoms with Crippen LogP contribution in [0.5, 0.6) is 0 Å². The maximum absolute atomic E-state index is 13.2. The summed E-state index contributed by atoms with van der Waals surface area (Å²) in [7, 11) is 0. The van der Waals surface area contributed by atoms with E-state index in [-0.39, 0.29) is 24.2 Å². The van der Waals surface area contributed by atoms with Crippen molar-refractivity contribution in [3.63, 3.8) is 0 Å². The second kappa shape index (κ2) is 8.63. The van der Waals surface area contributed by atoms with E-state index in [2.05, 4.69) is 32.3 Å². The minimum Gasteiger partial charge on any atom is -0.381 e. The molecule has 1 unspecified atom stereocenters. The molecule has 1 atom stereocenters. The first-order chi connectivity index (χ1) is 14.1. The highest BCUT2D eigenvalue weighted by molar-refractivity contribution is 9.10. The van der Waals surface area contributed by atoms with Gasteiger partial charge in [-0.1, -0.05) is 34.1 Å². The second-order valence-corrected chi connectivity index (χ2v) is 8.61. The van der Waals surface area contributed by atoms with E-state index in [0.717, 1.165) is 15.7 Å². The van der Waals surface area contributed by atoms with E-state index in [9.17, 15) is 9.59 Å². The highest BCUT2D eigenvalue weighted by Crippen LogP contribution is 2.34. The topological polar surface area (TPSA) is 71.5 Å². The van der Waals surface area contributed by atoms with Gasteiger partial charge in [0.2, 0.25) is 11.8 Å². The number of benzene rings is 1. The smallest absolute Gasteiger partial charge is 0.226 e. The van der Waals surface area contributed by atoms with Crippen molar-refractivity contribution in [3.05, 3.63) is 64.4 Å². The van der Waals surface area contributed by atoms with Gasteiger partial charge in [0.25, 0.3) is 0 Å². The van der Waals surface area contributed by atoms with Crippen LogP contribution < -0.4 is 5.32 Å². The van der Waals surface area contributed by atoms with Crippen molar-refractivity contribution >= 4 is 27.7 Å². The summed E-state index contributed by atoms with van der Waals surface area (Å²) in [5.41, 5.74) is 1.44. The van der Waals surface area contributed by atoms with Crippen LogP contribution in [0.25, 0.3) is 0 Å². The SMILES string of the molecule is O=C(NC1(c2cccc(Br)c2)CCOCC1)C1CC(=O)N(Cc2ccccn2)C1. The Morgan fingerprint density at radius 1 is 1.24 bits per heavy atom. The van der Waals surface area contributed by atoms with Gasteiger partial charge in [0.05, 0.1) is 23.7 Å². The van der Waals surface area contributed by atoms with Gasteiger partial charge in [0.1, 0.15) is 0 Å². The number of aromatic nitrogens is 1. The van der Waals surface area contributed by atoms with Crippen LogP contribution in [0.1, 0.15) is 30.5 Å². The zero-order chi connectivity index (χ0) is 20.3. The zero-order valence-corrected chi connectivity index (χ0v) is 17.7. The Morgan fingerprint density at radius 3 is 2.79 bits per heavy atom. The maximum Gasteiger partial charge on any atom is 0.226 e. The van der Waals surface area contributed by atoms with Crippen molar-refractivity contribution < 1.29 is 14.3 Å². The molecular weight excluding hydrogens is 434 g/mol. The Morgan fingerprint density at radius 2 is 2.07 bits per heavy atom. The molecule has 7 heteroatoms. The molecule has 0 saturated carbocycles.